The lowest BCUT2D eigenvalue weighted by atomic mass is 9.96. The number of nitrogens with one attached hydrogen (secondary N) is 2. The molecule has 0 aliphatic carbocycles. The van der Waals surface area contributed by atoms with Crippen LogP contribution in [0, 0.1) is 0 Å². The summed E-state index contributed by atoms with van der Waals surface area (Å²) in [6, 6.07) is 4.29. The van der Waals surface area contributed by atoms with Crippen LogP contribution in [0.5, 0.6) is 0 Å². The molecule has 2 heterocycles. The Morgan fingerprint density at radius 2 is 2.00 bits per heavy atom. The third-order valence-electron chi connectivity index (χ3n) is 4.33. The highest BCUT2D eigenvalue weighted by Gasteiger charge is 2.40. The summed E-state index contributed by atoms with van der Waals surface area (Å²) in [7, 11) is 4.00. The molecule has 1 aromatic carbocycles. The van der Waals surface area contributed by atoms with Crippen LogP contribution in [-0.2, 0) is 4.79 Å². The summed E-state index contributed by atoms with van der Waals surface area (Å²) in [5.74, 6) is -0.0580. The van der Waals surface area contributed by atoms with Gasteiger partial charge in [-0.15, -0.1) is 0 Å². The molecule has 0 saturated heterocycles. The first-order valence-electron chi connectivity index (χ1n) is 8.06. The van der Waals surface area contributed by atoms with Crippen LogP contribution in [0.25, 0.3) is 0 Å². The molecule has 0 aromatic heterocycles. The lowest BCUT2D eigenvalue weighted by Gasteiger charge is -2.25. The zero-order valence-corrected chi connectivity index (χ0v) is 15.6. The molecule has 134 valence electrons. The minimum Gasteiger partial charge on any atom is -0.333 e. The molecule has 6 nitrogen and oxygen atoms in total. The average molecular weight is 383 g/mol. The molecule has 3 rings (SSSR count). The van der Waals surface area contributed by atoms with Gasteiger partial charge in [0, 0.05) is 6.54 Å². The number of benzene rings is 1. The summed E-state index contributed by atoms with van der Waals surface area (Å²) < 4.78 is 0. The van der Waals surface area contributed by atoms with Gasteiger partial charge in [-0.3, -0.25) is 4.79 Å². The predicted octanol–water partition coefficient (Wildman–Crippen LogP) is 2.40. The molecule has 0 saturated carbocycles. The van der Waals surface area contributed by atoms with Gasteiger partial charge in [-0.2, -0.15) is 0 Å². The van der Waals surface area contributed by atoms with Crippen LogP contribution in [0.4, 0.5) is 4.79 Å². The molecule has 8 heteroatoms. The van der Waals surface area contributed by atoms with Crippen molar-refractivity contribution in [1.29, 1.82) is 0 Å². The number of carbonyl (C=O) groups is 2. The van der Waals surface area contributed by atoms with E-state index in [4.69, 9.17) is 23.2 Å². The number of nitrogens with zero attached hydrogens (tertiary/aromatic N) is 2. The van der Waals surface area contributed by atoms with Gasteiger partial charge in [0.1, 0.15) is 0 Å². The molecular weight excluding hydrogens is 363 g/mol. The number of urea groups is 1. The Balaban J connectivity index is 1.83. The van der Waals surface area contributed by atoms with Crippen molar-refractivity contribution in [2.75, 3.05) is 33.7 Å². The lowest BCUT2D eigenvalue weighted by Crippen LogP contribution is -2.44. The van der Waals surface area contributed by atoms with Crippen LogP contribution in [0.3, 0.4) is 0 Å². The molecular formula is C17H20Cl2N4O2. The van der Waals surface area contributed by atoms with Crippen LogP contribution >= 0.6 is 23.2 Å². The summed E-state index contributed by atoms with van der Waals surface area (Å²) in [5.41, 5.74) is 1.97. The smallest absolute Gasteiger partial charge is 0.319 e. The van der Waals surface area contributed by atoms with Gasteiger partial charge in [0.05, 0.1) is 33.9 Å². The average Bonchev–Trinajstić information content (AvgIpc) is 2.85. The first kappa shape index (κ1) is 18.0. The number of amides is 3. The molecule has 2 N–H and O–H groups in total. The van der Waals surface area contributed by atoms with Gasteiger partial charge < -0.3 is 20.4 Å². The van der Waals surface area contributed by atoms with E-state index in [1.165, 1.54) is 0 Å². The lowest BCUT2D eigenvalue weighted by molar-refractivity contribution is -0.125. The van der Waals surface area contributed by atoms with E-state index in [0.29, 0.717) is 34.4 Å². The third-order valence-corrected chi connectivity index (χ3v) is 5.07. The van der Waals surface area contributed by atoms with Crippen molar-refractivity contribution < 1.29 is 9.59 Å². The Morgan fingerprint density at radius 1 is 1.24 bits per heavy atom. The molecule has 0 unspecified atom stereocenters. The SMILES string of the molecule is CN(C)CCCN1CC2=C(C1=O)[C@H](c1ccc(Cl)c(Cl)c1)NC(=O)N2. The minimum absolute atomic E-state index is 0.0580. The number of hydrogen-bond donors (Lipinski definition) is 2. The Labute approximate surface area is 156 Å². The Kier molecular flexibility index (Phi) is 5.22. The fourth-order valence-corrected chi connectivity index (χ4v) is 3.44. The zero-order valence-electron chi connectivity index (χ0n) is 14.1. The first-order chi connectivity index (χ1) is 11.9. The second kappa shape index (κ2) is 7.23. The number of hydrogen-bond acceptors (Lipinski definition) is 3. The van der Waals surface area contributed by atoms with Crippen molar-refractivity contribution in [3.8, 4) is 0 Å². The maximum atomic E-state index is 12.9. The van der Waals surface area contributed by atoms with Crippen LogP contribution < -0.4 is 10.6 Å². The highest BCUT2D eigenvalue weighted by molar-refractivity contribution is 6.42. The molecule has 0 fully saturated rings. The summed E-state index contributed by atoms with van der Waals surface area (Å²) >= 11 is 12.1. The molecule has 2 aliphatic heterocycles. The van der Waals surface area contributed by atoms with Gasteiger partial charge in [0.15, 0.2) is 0 Å². The normalized spacial score (nSPS) is 20.0. The van der Waals surface area contributed by atoms with E-state index in [1.807, 2.05) is 14.1 Å². The summed E-state index contributed by atoms with van der Waals surface area (Å²) in [4.78, 5) is 28.7. The van der Waals surface area contributed by atoms with E-state index in [1.54, 1.807) is 23.1 Å². The van der Waals surface area contributed by atoms with Gasteiger partial charge in [0.2, 0.25) is 0 Å². The molecule has 0 spiro atoms. The van der Waals surface area contributed by atoms with Crippen LogP contribution in [0.2, 0.25) is 10.0 Å². The summed E-state index contributed by atoms with van der Waals surface area (Å²) in [6.45, 7) is 1.97. The number of halogens is 2. The van der Waals surface area contributed by atoms with Crippen LogP contribution in [0.15, 0.2) is 29.5 Å². The molecule has 1 aromatic rings. The van der Waals surface area contributed by atoms with Crippen molar-refractivity contribution in [3.05, 3.63) is 45.1 Å². The second-order valence-electron chi connectivity index (χ2n) is 6.48. The molecule has 25 heavy (non-hydrogen) atoms. The third kappa shape index (κ3) is 3.76. The van der Waals surface area contributed by atoms with E-state index in [9.17, 15) is 9.59 Å². The topological polar surface area (TPSA) is 64.7 Å². The number of carbonyl (C=O) groups excluding carboxylic acids is 2. The molecule has 2 aliphatic rings. The van der Waals surface area contributed by atoms with Gasteiger partial charge in [-0.25, -0.2) is 4.79 Å². The van der Waals surface area contributed by atoms with Crippen LogP contribution in [-0.4, -0.2) is 55.5 Å². The van der Waals surface area contributed by atoms with Crippen molar-refractivity contribution in [2.45, 2.75) is 12.5 Å². The van der Waals surface area contributed by atoms with Crippen molar-refractivity contribution >= 4 is 35.1 Å². The number of rotatable bonds is 5. The Morgan fingerprint density at radius 3 is 2.68 bits per heavy atom. The van der Waals surface area contributed by atoms with E-state index >= 15 is 0 Å². The zero-order chi connectivity index (χ0) is 18.1. The Bertz CT molecular complexity index is 748. The monoisotopic (exact) mass is 382 g/mol. The standard InChI is InChI=1S/C17H20Cl2N4O2/c1-22(2)6-3-7-23-9-13-14(16(23)24)15(21-17(25)20-13)10-4-5-11(18)12(19)8-10/h4-5,8,15H,3,6-7,9H2,1-2H3,(H2,20,21,25)/t15-/m0/s1. The molecule has 0 bridgehead atoms. The van der Waals surface area contributed by atoms with Crippen molar-refractivity contribution in [2.24, 2.45) is 0 Å². The highest BCUT2D eigenvalue weighted by atomic mass is 35.5. The fourth-order valence-electron chi connectivity index (χ4n) is 3.13. The van der Waals surface area contributed by atoms with Gasteiger partial charge in [-0.1, -0.05) is 29.3 Å². The highest BCUT2D eigenvalue weighted by Crippen LogP contribution is 2.34. The maximum Gasteiger partial charge on any atom is 0.319 e. The predicted molar refractivity (Wildman–Crippen MR) is 97.6 cm³/mol. The maximum absolute atomic E-state index is 12.9. The molecule has 0 radical (unpaired) electrons. The Hall–Kier alpha value is -1.76. The second-order valence-corrected chi connectivity index (χ2v) is 7.30. The summed E-state index contributed by atoms with van der Waals surface area (Å²) in [6.07, 6.45) is 0.873. The van der Waals surface area contributed by atoms with Gasteiger partial charge >= 0.3 is 6.03 Å². The fraction of sp³-hybridized carbons (Fsp3) is 0.412. The molecule has 1 atom stereocenters. The van der Waals surface area contributed by atoms with Gasteiger partial charge in [-0.05, 0) is 44.8 Å². The van der Waals surface area contributed by atoms with Crippen molar-refractivity contribution in [1.82, 2.24) is 20.4 Å². The quantitative estimate of drug-likeness (QED) is 0.821. The van der Waals surface area contributed by atoms with Crippen molar-refractivity contribution in [3.63, 3.8) is 0 Å². The summed E-state index contributed by atoms with van der Waals surface area (Å²) in [5, 5.41) is 6.40. The molecule has 3 amide bonds. The van der Waals surface area contributed by atoms with E-state index < -0.39 is 6.04 Å². The first-order valence-corrected chi connectivity index (χ1v) is 8.82. The van der Waals surface area contributed by atoms with E-state index in [0.717, 1.165) is 18.5 Å². The van der Waals surface area contributed by atoms with Crippen LogP contribution in [0.1, 0.15) is 18.0 Å². The minimum atomic E-state index is -0.523. The largest absolute Gasteiger partial charge is 0.333 e. The van der Waals surface area contributed by atoms with Gasteiger partial charge in [0.25, 0.3) is 5.91 Å². The van der Waals surface area contributed by atoms with E-state index in [-0.39, 0.29) is 11.9 Å². The van der Waals surface area contributed by atoms with E-state index in [2.05, 4.69) is 15.5 Å².